The second kappa shape index (κ2) is 38.3. The minimum atomic E-state index is -1.25. The molecular weight excluding hydrogens is 1090 g/mol. The zero-order valence-corrected chi connectivity index (χ0v) is 49.6. The molecule has 0 radical (unpaired) electrons. The Bertz CT molecular complexity index is 2620. The number of imidazole rings is 1. The van der Waals surface area contributed by atoms with E-state index in [0.29, 0.717) is 74.1 Å². The Morgan fingerprint density at radius 3 is 2.15 bits per heavy atom. The van der Waals surface area contributed by atoms with Crippen LogP contribution in [0.5, 0.6) is 5.88 Å². The van der Waals surface area contributed by atoms with Crippen LogP contribution in [0.2, 0.25) is 0 Å². The first-order valence-corrected chi connectivity index (χ1v) is 29.1. The van der Waals surface area contributed by atoms with Crippen LogP contribution in [-0.4, -0.2) is 151 Å². The van der Waals surface area contributed by atoms with Crippen LogP contribution >= 0.6 is 0 Å². The number of benzene rings is 1. The lowest BCUT2D eigenvalue weighted by Crippen LogP contribution is -2.57. The fourth-order valence-electron chi connectivity index (χ4n) is 8.98. The normalized spacial score (nSPS) is 15.0. The van der Waals surface area contributed by atoms with E-state index in [1.807, 2.05) is 13.8 Å². The summed E-state index contributed by atoms with van der Waals surface area (Å²) in [6, 6.07) is 3.25. The monoisotopic (exact) mass is 1180 g/mol. The van der Waals surface area contributed by atoms with E-state index in [2.05, 4.69) is 70.2 Å². The number of azide groups is 1. The van der Waals surface area contributed by atoms with Crippen LogP contribution in [-0.2, 0) is 72.0 Å². The van der Waals surface area contributed by atoms with Crippen molar-refractivity contribution in [1.29, 1.82) is 0 Å². The molecule has 1 saturated carbocycles. The Morgan fingerprint density at radius 2 is 1.49 bits per heavy atom. The molecule has 1 aliphatic rings. The second-order valence-corrected chi connectivity index (χ2v) is 21.1. The van der Waals surface area contributed by atoms with E-state index < -0.39 is 59.7 Å². The molecule has 8 N–H and O–H groups in total. The quantitative estimate of drug-likeness (QED) is 0.00923. The number of amides is 6. The molecule has 464 valence electrons. The summed E-state index contributed by atoms with van der Waals surface area (Å²) in [5.41, 5.74) is 17.0. The van der Waals surface area contributed by atoms with E-state index in [4.69, 9.17) is 44.7 Å². The lowest BCUT2D eigenvalue weighted by Gasteiger charge is -2.29. The van der Waals surface area contributed by atoms with Crippen LogP contribution in [0.15, 0.2) is 42.0 Å². The average molecular weight is 1180 g/mol. The third-order valence-corrected chi connectivity index (χ3v) is 13.5. The average Bonchev–Trinajstić information content (AvgIpc) is 2.86. The topological polar surface area (TPSA) is 365 Å². The smallest absolute Gasteiger partial charge is 0.407 e. The van der Waals surface area contributed by atoms with Gasteiger partial charge in [-0.2, -0.15) is 0 Å². The molecule has 1 aromatic carbocycles. The maximum Gasteiger partial charge on any atom is 0.407 e. The van der Waals surface area contributed by atoms with Crippen molar-refractivity contribution in [3.63, 3.8) is 0 Å². The van der Waals surface area contributed by atoms with Crippen LogP contribution in [0.25, 0.3) is 21.5 Å². The molecule has 0 bridgehead atoms. The van der Waals surface area contributed by atoms with Gasteiger partial charge in [0, 0.05) is 62.5 Å². The minimum Gasteiger partial charge on any atom is -0.472 e. The molecular formula is C57H88N14O13. The summed E-state index contributed by atoms with van der Waals surface area (Å²) < 4.78 is 34.9. The molecule has 0 spiro atoms. The van der Waals surface area contributed by atoms with Gasteiger partial charge in [0.1, 0.15) is 48.2 Å². The maximum atomic E-state index is 13.7. The molecule has 1 aliphatic carbocycles. The number of aryl methyl sites for hydroxylation is 1. The van der Waals surface area contributed by atoms with Crippen molar-refractivity contribution in [2.75, 3.05) is 76.9 Å². The highest BCUT2D eigenvalue weighted by molar-refractivity contribution is 5.99. The van der Waals surface area contributed by atoms with Crippen molar-refractivity contribution in [3.8, 4) is 5.88 Å². The fraction of sp³-hybridized carbons (Fsp3) is 0.649. The number of nitrogens with zero attached hydrogens (tertiary/aromatic N) is 7. The van der Waals surface area contributed by atoms with Crippen molar-refractivity contribution in [2.24, 2.45) is 22.9 Å². The zero-order chi connectivity index (χ0) is 61.2. The number of nitrogens with one attached hydrogen (secondary N) is 6. The van der Waals surface area contributed by atoms with Gasteiger partial charge >= 0.3 is 12.1 Å². The van der Waals surface area contributed by atoms with Crippen molar-refractivity contribution in [3.05, 3.63) is 58.8 Å². The van der Waals surface area contributed by atoms with Crippen LogP contribution < -0.4 is 42.4 Å². The summed E-state index contributed by atoms with van der Waals surface area (Å²) in [6.45, 7) is 18.0. The van der Waals surface area contributed by atoms with Gasteiger partial charge in [-0.3, -0.25) is 28.8 Å². The third kappa shape index (κ3) is 25.5. The fourth-order valence-corrected chi connectivity index (χ4v) is 8.98. The molecule has 84 heavy (non-hydrogen) atoms. The molecule has 27 heteroatoms. The second-order valence-electron chi connectivity index (χ2n) is 21.1. The van der Waals surface area contributed by atoms with Crippen LogP contribution in [0.4, 0.5) is 16.3 Å². The highest BCUT2D eigenvalue weighted by atomic mass is 16.6. The number of alkyl carbamates (subject to hydrolysis) is 1. The number of esters is 1. The number of hydrogen-bond donors (Lipinski definition) is 7. The number of rotatable bonds is 40. The number of carbonyl (C=O) groups is 7. The molecule has 0 saturated heterocycles. The van der Waals surface area contributed by atoms with E-state index in [1.54, 1.807) is 38.1 Å². The van der Waals surface area contributed by atoms with Crippen molar-refractivity contribution in [1.82, 2.24) is 46.3 Å². The van der Waals surface area contributed by atoms with Gasteiger partial charge in [0.2, 0.25) is 29.5 Å². The number of carbonyl (C=O) groups excluding carboxylic acids is 7. The van der Waals surface area contributed by atoms with Crippen LogP contribution in [0.3, 0.4) is 0 Å². The number of ether oxygens (including phenoxy) is 6. The Kier molecular flexibility index (Phi) is 31.4. The van der Waals surface area contributed by atoms with E-state index in [-0.39, 0.29) is 82.8 Å². The van der Waals surface area contributed by atoms with Crippen LogP contribution in [0.1, 0.15) is 124 Å². The molecule has 4 rings (SSSR count). The maximum absolute atomic E-state index is 13.7. The molecule has 3 aromatic rings. The number of fused-ring (bicyclic) bond motifs is 1. The van der Waals surface area contributed by atoms with Gasteiger partial charge in [-0.15, -0.1) is 10.2 Å². The standard InChI is InChI=1S/C57H88N14O13/c1-8-10-12-45-66-50-51(56(84-38(5)6)69-68-52(50)58)71(45)35-41-17-15-40(16-18-41)34-61-57(78)83-36-42-19-21-43(22-20-42)64-53(75)39(7)63-55(77)49(37(3)4)67-54(76)44(23-24-48(74)82-27-9-2)65-47(73)14-11-13-46(72)60-25-28-79-30-32-81-33-31-80-29-26-62-70-59/h9,19-22,37-41,44,49H,2,8,10-18,23-36H2,1,3-7H3,(H2,58,68)(H,60,72)(H,61,78)(H,63,77)(H,64,75)(H,65,73)(H,67,76)/t39-,40-,41-,44-,49-/m0/s1. The SMILES string of the molecule is C=CCOC(=O)CC[C@H](NC(=O)CCCC(=O)NCCOCCOCCOCCN=[N+]=[N-])C(=O)N[C@H](C(=O)N[C@@H](C)C(=O)Nc1ccc(COC(=O)NC[C@H]2CC[C@H](Cn3c(CCCC)nc4c(N)nnc(OC(C)C)c43)CC2)cc1)C(C)C. The Balaban J connectivity index is 1.17. The largest absolute Gasteiger partial charge is 0.472 e. The number of aromatic nitrogens is 4. The van der Waals surface area contributed by atoms with Gasteiger partial charge in [0.15, 0.2) is 5.82 Å². The predicted octanol–water partition coefficient (Wildman–Crippen LogP) is 5.50. The van der Waals surface area contributed by atoms with Gasteiger partial charge in [0.05, 0.1) is 45.7 Å². The van der Waals surface area contributed by atoms with Gasteiger partial charge in [-0.25, -0.2) is 9.78 Å². The number of unbranched alkanes of at least 4 members (excludes halogenated alkanes) is 1. The van der Waals surface area contributed by atoms with Crippen molar-refractivity contribution in [2.45, 2.75) is 156 Å². The molecule has 2 aromatic heterocycles. The summed E-state index contributed by atoms with van der Waals surface area (Å²) >= 11 is 0. The number of hydrogen-bond acceptors (Lipinski definition) is 18. The summed E-state index contributed by atoms with van der Waals surface area (Å²) in [4.78, 5) is 98.8. The van der Waals surface area contributed by atoms with Crippen molar-refractivity contribution < 1.29 is 62.0 Å². The van der Waals surface area contributed by atoms with E-state index in [0.717, 1.165) is 62.8 Å². The summed E-state index contributed by atoms with van der Waals surface area (Å²) in [7, 11) is 0. The molecule has 0 unspecified atom stereocenters. The lowest BCUT2D eigenvalue weighted by molar-refractivity contribution is -0.143. The lowest BCUT2D eigenvalue weighted by atomic mass is 9.82. The first-order valence-electron chi connectivity index (χ1n) is 29.1. The zero-order valence-electron chi connectivity index (χ0n) is 49.6. The first-order chi connectivity index (χ1) is 40.4. The number of nitrogens with two attached hydrogens (primary N) is 1. The van der Waals surface area contributed by atoms with Gasteiger partial charge in [0.25, 0.3) is 5.88 Å². The summed E-state index contributed by atoms with van der Waals surface area (Å²) in [6.07, 6.45) is 7.10. The highest BCUT2D eigenvalue weighted by Crippen LogP contribution is 2.34. The van der Waals surface area contributed by atoms with E-state index >= 15 is 0 Å². The van der Waals surface area contributed by atoms with Crippen LogP contribution in [0, 0.1) is 17.8 Å². The van der Waals surface area contributed by atoms with E-state index in [9.17, 15) is 33.6 Å². The van der Waals surface area contributed by atoms with E-state index in [1.165, 1.54) is 13.0 Å². The van der Waals surface area contributed by atoms with Gasteiger partial charge in [-0.05, 0) is 107 Å². The molecule has 6 amide bonds. The number of anilines is 2. The molecule has 27 nitrogen and oxygen atoms in total. The Morgan fingerprint density at radius 1 is 0.810 bits per heavy atom. The highest BCUT2D eigenvalue weighted by Gasteiger charge is 2.32. The van der Waals surface area contributed by atoms with Crippen molar-refractivity contribution >= 4 is 64.1 Å². The van der Waals surface area contributed by atoms with Gasteiger partial charge < -0.3 is 70.6 Å². The minimum absolute atomic E-state index is 0.0000460. The Hall–Kier alpha value is -7.61. The summed E-state index contributed by atoms with van der Waals surface area (Å²) in [5, 5.41) is 28.1. The predicted molar refractivity (Wildman–Crippen MR) is 313 cm³/mol. The first kappa shape index (κ1) is 68.9. The molecule has 2 heterocycles. The third-order valence-electron chi connectivity index (χ3n) is 13.5. The Labute approximate surface area is 491 Å². The molecule has 1 fully saturated rings. The summed E-state index contributed by atoms with van der Waals surface area (Å²) in [5.74, 6) is -1.53. The molecule has 3 atom stereocenters. The van der Waals surface area contributed by atoms with Gasteiger partial charge in [-0.1, -0.05) is 57.1 Å². The number of nitrogen functional groups attached to an aromatic ring is 1. The molecule has 0 aliphatic heterocycles.